The van der Waals surface area contributed by atoms with Crippen molar-refractivity contribution >= 4 is 40.0 Å². The van der Waals surface area contributed by atoms with Crippen LogP contribution in [-0.4, -0.2) is 43.0 Å². The molecule has 1 aromatic heterocycles. The first-order valence-electron chi connectivity index (χ1n) is 15.4. The van der Waals surface area contributed by atoms with Crippen LogP contribution in [-0.2, 0) is 14.4 Å². The Kier molecular flexibility index (Phi) is 10.5. The lowest BCUT2D eigenvalue weighted by molar-refractivity contribution is -0.131. The minimum atomic E-state index is -1.29. The van der Waals surface area contributed by atoms with Crippen LogP contribution in [0.1, 0.15) is 45.4 Å². The molecule has 3 N–H and O–H groups in total. The highest BCUT2D eigenvalue weighted by molar-refractivity contribution is 6.16. The highest BCUT2D eigenvalue weighted by atomic mass is 19.1. The van der Waals surface area contributed by atoms with Gasteiger partial charge in [0.05, 0.1) is 19.2 Å². The van der Waals surface area contributed by atoms with Crippen molar-refractivity contribution in [2.24, 2.45) is 5.41 Å². The van der Waals surface area contributed by atoms with Crippen LogP contribution in [0, 0.1) is 17.0 Å². The smallest absolute Gasteiger partial charge is 0.240 e. The number of methoxy groups -OCH3 is 1. The third-order valence-corrected chi connectivity index (χ3v) is 7.84. The molecule has 47 heavy (non-hydrogen) atoms. The van der Waals surface area contributed by atoms with Crippen LogP contribution in [0.5, 0.6) is 23.0 Å². The highest BCUT2D eigenvalue weighted by Crippen LogP contribution is 2.47. The summed E-state index contributed by atoms with van der Waals surface area (Å²) in [6.45, 7) is 2.90. The zero-order chi connectivity index (χ0) is 33.4. The summed E-state index contributed by atoms with van der Waals surface area (Å²) in [6.07, 6.45) is 5.21. The van der Waals surface area contributed by atoms with Crippen LogP contribution in [0.15, 0.2) is 66.9 Å². The number of carbonyl (C=O) groups is 3. The van der Waals surface area contributed by atoms with Crippen LogP contribution in [0.25, 0.3) is 10.9 Å². The number of rotatable bonds is 15. The third kappa shape index (κ3) is 8.13. The monoisotopic (exact) mass is 646 g/mol. The van der Waals surface area contributed by atoms with Crippen LogP contribution in [0.2, 0.25) is 0 Å². The van der Waals surface area contributed by atoms with Crippen molar-refractivity contribution in [2.45, 2.75) is 45.4 Å². The van der Waals surface area contributed by atoms with Crippen molar-refractivity contribution in [3.8, 4) is 23.0 Å². The molecule has 3 aromatic carbocycles. The Morgan fingerprint density at radius 2 is 1.55 bits per heavy atom. The SMILES string of the molecule is CCC(=O)NCCCCCOc1cc2nccc(Oc3ccc(NC(=O)C4(C(=O)Nc5ccc(F)cc5)CC4)cc3F)c2cc1OC. The van der Waals surface area contributed by atoms with Crippen molar-refractivity contribution < 1.29 is 37.4 Å². The number of fused-ring (bicyclic) bond motifs is 1. The number of aromatic nitrogens is 1. The number of hydrogen-bond donors (Lipinski definition) is 3. The quantitative estimate of drug-likeness (QED) is 0.0964. The topological polar surface area (TPSA) is 128 Å². The summed E-state index contributed by atoms with van der Waals surface area (Å²) in [5.41, 5.74) is -0.201. The number of nitrogens with one attached hydrogen (secondary N) is 3. The Balaban J connectivity index is 1.21. The zero-order valence-electron chi connectivity index (χ0n) is 26.2. The molecule has 246 valence electrons. The predicted molar refractivity (Wildman–Crippen MR) is 173 cm³/mol. The standard InChI is InChI=1S/C35H36F2N4O6/c1-3-32(42)39-16-5-4-6-18-46-31-21-27-25(20-30(31)45-2)28(13-17-38-27)47-29-12-11-24(19-26(29)37)41-34(44)35(14-15-35)33(43)40-23-9-7-22(36)8-10-23/h7-13,17,19-21H,3-6,14-16,18H2,1-2H3,(H,39,42)(H,40,43)(H,41,44). The summed E-state index contributed by atoms with van der Waals surface area (Å²) < 4.78 is 45.9. The van der Waals surface area contributed by atoms with Gasteiger partial charge in [-0.2, -0.15) is 0 Å². The summed E-state index contributed by atoms with van der Waals surface area (Å²) in [7, 11) is 1.52. The van der Waals surface area contributed by atoms with Gasteiger partial charge in [0, 0.05) is 48.1 Å². The molecule has 0 saturated heterocycles. The fourth-order valence-electron chi connectivity index (χ4n) is 4.93. The number of anilines is 2. The number of halogens is 2. The molecule has 3 amide bonds. The molecule has 5 rings (SSSR count). The number of hydrogen-bond acceptors (Lipinski definition) is 7. The lowest BCUT2D eigenvalue weighted by atomic mass is 10.0. The normalized spacial score (nSPS) is 13.0. The number of amides is 3. The first-order valence-corrected chi connectivity index (χ1v) is 15.4. The second kappa shape index (κ2) is 14.9. The summed E-state index contributed by atoms with van der Waals surface area (Å²) in [5, 5.41) is 8.70. The van der Waals surface area contributed by atoms with E-state index < -0.39 is 28.9 Å². The average molecular weight is 647 g/mol. The molecule has 0 aliphatic heterocycles. The van der Waals surface area contributed by atoms with Gasteiger partial charge in [0.15, 0.2) is 23.1 Å². The Hall–Kier alpha value is -5.26. The predicted octanol–water partition coefficient (Wildman–Crippen LogP) is 6.75. The van der Waals surface area contributed by atoms with Gasteiger partial charge in [-0.15, -0.1) is 0 Å². The second-order valence-corrected chi connectivity index (χ2v) is 11.2. The van der Waals surface area contributed by atoms with Gasteiger partial charge in [0.25, 0.3) is 0 Å². The van der Waals surface area contributed by atoms with Crippen molar-refractivity contribution in [1.29, 1.82) is 0 Å². The Bertz CT molecular complexity index is 1760. The van der Waals surface area contributed by atoms with Gasteiger partial charge >= 0.3 is 0 Å². The highest BCUT2D eigenvalue weighted by Gasteiger charge is 2.56. The van der Waals surface area contributed by atoms with Crippen LogP contribution < -0.4 is 30.2 Å². The van der Waals surface area contributed by atoms with E-state index in [0.29, 0.717) is 66.3 Å². The van der Waals surface area contributed by atoms with Crippen LogP contribution in [0.4, 0.5) is 20.2 Å². The molecule has 0 atom stereocenters. The molecular weight excluding hydrogens is 610 g/mol. The molecule has 4 aromatic rings. The largest absolute Gasteiger partial charge is 0.493 e. The molecule has 1 fully saturated rings. The van der Waals surface area contributed by atoms with Crippen LogP contribution >= 0.6 is 0 Å². The molecule has 10 nitrogen and oxygen atoms in total. The van der Waals surface area contributed by atoms with Gasteiger partial charge in [-0.05, 0) is 80.6 Å². The maximum atomic E-state index is 15.2. The Morgan fingerprint density at radius 3 is 2.23 bits per heavy atom. The molecule has 0 bridgehead atoms. The molecule has 0 unspecified atom stereocenters. The van der Waals surface area contributed by atoms with E-state index in [4.69, 9.17) is 14.2 Å². The van der Waals surface area contributed by atoms with Crippen molar-refractivity contribution in [2.75, 3.05) is 30.9 Å². The van der Waals surface area contributed by atoms with E-state index in [1.807, 2.05) is 6.92 Å². The average Bonchev–Trinajstić information content (AvgIpc) is 3.89. The van der Waals surface area contributed by atoms with Gasteiger partial charge in [0.1, 0.15) is 17.0 Å². The number of benzene rings is 3. The Labute approximate surface area is 270 Å². The van der Waals surface area contributed by atoms with E-state index in [2.05, 4.69) is 20.9 Å². The zero-order valence-corrected chi connectivity index (χ0v) is 26.2. The molecule has 1 aliphatic rings. The molecule has 0 spiro atoms. The summed E-state index contributed by atoms with van der Waals surface area (Å²) in [5.74, 6) is -0.982. The van der Waals surface area contributed by atoms with E-state index in [-0.39, 0.29) is 17.3 Å². The maximum absolute atomic E-state index is 15.2. The molecule has 1 aliphatic carbocycles. The molecular formula is C35H36F2N4O6. The van der Waals surface area contributed by atoms with Crippen molar-refractivity contribution in [3.63, 3.8) is 0 Å². The van der Waals surface area contributed by atoms with E-state index in [1.165, 1.54) is 49.7 Å². The molecule has 12 heteroatoms. The van der Waals surface area contributed by atoms with E-state index in [0.717, 1.165) is 25.3 Å². The summed E-state index contributed by atoms with van der Waals surface area (Å²) in [6, 6.07) is 14.3. The van der Waals surface area contributed by atoms with E-state index in [9.17, 15) is 18.8 Å². The molecule has 0 radical (unpaired) electrons. The van der Waals surface area contributed by atoms with Crippen LogP contribution in [0.3, 0.4) is 0 Å². The van der Waals surface area contributed by atoms with Gasteiger partial charge in [-0.3, -0.25) is 19.4 Å². The van der Waals surface area contributed by atoms with Gasteiger partial charge < -0.3 is 30.2 Å². The first-order chi connectivity index (χ1) is 22.7. The second-order valence-electron chi connectivity index (χ2n) is 11.2. The third-order valence-electron chi connectivity index (χ3n) is 7.84. The van der Waals surface area contributed by atoms with Gasteiger partial charge in [-0.25, -0.2) is 8.78 Å². The van der Waals surface area contributed by atoms with E-state index in [1.54, 1.807) is 18.2 Å². The fourth-order valence-corrected chi connectivity index (χ4v) is 4.93. The first kappa shape index (κ1) is 33.1. The fraction of sp³-hybridized carbons (Fsp3) is 0.314. The van der Waals surface area contributed by atoms with E-state index >= 15 is 4.39 Å². The lowest BCUT2D eigenvalue weighted by Gasteiger charge is -2.16. The molecule has 1 saturated carbocycles. The number of unbranched alkanes of at least 4 members (excludes halogenated alkanes) is 2. The molecule has 1 heterocycles. The minimum absolute atomic E-state index is 0.0387. The number of nitrogens with zero attached hydrogens (tertiary/aromatic N) is 1. The number of pyridine rings is 1. The maximum Gasteiger partial charge on any atom is 0.240 e. The summed E-state index contributed by atoms with van der Waals surface area (Å²) >= 11 is 0. The summed E-state index contributed by atoms with van der Waals surface area (Å²) in [4.78, 5) is 41.6. The number of ether oxygens (including phenoxy) is 3. The minimum Gasteiger partial charge on any atom is -0.493 e. The van der Waals surface area contributed by atoms with Crippen molar-refractivity contribution in [1.82, 2.24) is 10.3 Å². The Morgan fingerprint density at radius 1 is 0.830 bits per heavy atom. The number of carbonyl (C=O) groups excluding carboxylic acids is 3. The van der Waals surface area contributed by atoms with Gasteiger partial charge in [-0.1, -0.05) is 6.92 Å². The van der Waals surface area contributed by atoms with Gasteiger partial charge in [0.2, 0.25) is 17.7 Å². The lowest BCUT2D eigenvalue weighted by Crippen LogP contribution is -2.35. The van der Waals surface area contributed by atoms with Crippen molar-refractivity contribution in [3.05, 3.63) is 78.5 Å².